The molecule has 0 aromatic rings. The Morgan fingerprint density at radius 3 is 1.67 bits per heavy atom. The average Bonchev–Trinajstić information content (AvgIpc) is 2.52. The van der Waals surface area contributed by atoms with Gasteiger partial charge in [-0.05, 0) is 25.2 Å². The van der Waals surface area contributed by atoms with Crippen LogP contribution < -0.4 is 5.73 Å². The fraction of sp³-hybridized carbons (Fsp3) is 1.00. The van der Waals surface area contributed by atoms with E-state index in [0.717, 1.165) is 5.92 Å². The fourth-order valence-electron chi connectivity index (χ4n) is 1.52. The highest BCUT2D eigenvalue weighted by Gasteiger charge is 2.11. The maximum absolute atomic E-state index is 5.80. The second-order valence-corrected chi connectivity index (χ2v) is 3.37. The molecule has 0 amide bonds. The Morgan fingerprint density at radius 2 is 1.20 bits per heavy atom. The van der Waals surface area contributed by atoms with Gasteiger partial charge in [0.1, 0.15) is 0 Å². The van der Waals surface area contributed by atoms with Crippen LogP contribution >= 0.6 is 0 Å². The van der Waals surface area contributed by atoms with Gasteiger partial charge in [-0.1, -0.05) is 61.3 Å². The first-order chi connectivity index (χ1) is 7.29. The van der Waals surface area contributed by atoms with Crippen molar-refractivity contribution in [3.8, 4) is 0 Å². The van der Waals surface area contributed by atoms with Crippen molar-refractivity contribution in [2.45, 2.75) is 86.6 Å². The highest BCUT2D eigenvalue weighted by atomic mass is 14.6. The molecule has 1 aliphatic rings. The quantitative estimate of drug-likeness (QED) is 0.568. The Balaban J connectivity index is -0.000000208. The summed E-state index contributed by atoms with van der Waals surface area (Å²) < 4.78 is 0. The molecule has 2 N–H and O–H groups in total. The van der Waals surface area contributed by atoms with E-state index in [4.69, 9.17) is 5.73 Å². The van der Waals surface area contributed by atoms with E-state index in [0.29, 0.717) is 6.04 Å². The smallest absolute Gasteiger partial charge is 0.00389 e. The number of hydrogen-bond acceptors (Lipinski definition) is 1. The van der Waals surface area contributed by atoms with Gasteiger partial charge in [0, 0.05) is 6.04 Å². The maximum Gasteiger partial charge on any atom is 0.00389 e. The van der Waals surface area contributed by atoms with Gasteiger partial charge in [0.2, 0.25) is 0 Å². The number of nitrogens with two attached hydrogens (primary N) is 1. The SMILES string of the molecule is CC.CC.CC.CC1CCCC(N)CC1. The van der Waals surface area contributed by atoms with Gasteiger partial charge in [0.15, 0.2) is 0 Å². The van der Waals surface area contributed by atoms with E-state index >= 15 is 0 Å². The third-order valence-electron chi connectivity index (χ3n) is 2.30. The van der Waals surface area contributed by atoms with Crippen LogP contribution in [0.2, 0.25) is 0 Å². The highest BCUT2D eigenvalue weighted by Crippen LogP contribution is 2.21. The summed E-state index contributed by atoms with van der Waals surface area (Å²) in [6.45, 7) is 14.3. The third kappa shape index (κ3) is 16.6. The van der Waals surface area contributed by atoms with Gasteiger partial charge in [0.25, 0.3) is 0 Å². The predicted octanol–water partition coefficient (Wildman–Crippen LogP) is 4.99. The molecule has 0 aromatic carbocycles. The monoisotopic (exact) mass is 217 g/mol. The summed E-state index contributed by atoms with van der Waals surface area (Å²) in [6.07, 6.45) is 6.60. The first-order valence-corrected chi connectivity index (χ1v) is 7.04. The molecule has 96 valence electrons. The third-order valence-corrected chi connectivity index (χ3v) is 2.30. The Morgan fingerprint density at radius 1 is 0.733 bits per heavy atom. The van der Waals surface area contributed by atoms with Gasteiger partial charge >= 0.3 is 0 Å². The van der Waals surface area contributed by atoms with Crippen molar-refractivity contribution in [2.24, 2.45) is 11.7 Å². The summed E-state index contributed by atoms with van der Waals surface area (Å²) in [7, 11) is 0. The van der Waals surface area contributed by atoms with Crippen molar-refractivity contribution in [1.82, 2.24) is 0 Å². The molecule has 1 saturated carbocycles. The second kappa shape index (κ2) is 19.5. The van der Waals surface area contributed by atoms with E-state index < -0.39 is 0 Å². The largest absolute Gasteiger partial charge is 0.328 e. The molecule has 1 aliphatic carbocycles. The van der Waals surface area contributed by atoms with Crippen molar-refractivity contribution in [3.05, 3.63) is 0 Å². The molecule has 1 fully saturated rings. The molecule has 0 aromatic heterocycles. The molecule has 1 nitrogen and oxygen atoms in total. The maximum atomic E-state index is 5.80. The lowest BCUT2D eigenvalue weighted by atomic mass is 10.0. The summed E-state index contributed by atoms with van der Waals surface area (Å²) in [6, 6.07) is 0.509. The molecular weight excluding hydrogens is 182 g/mol. The van der Waals surface area contributed by atoms with Crippen LogP contribution in [0.25, 0.3) is 0 Å². The summed E-state index contributed by atoms with van der Waals surface area (Å²) in [4.78, 5) is 0. The normalized spacial score (nSPS) is 24.0. The topological polar surface area (TPSA) is 26.0 Å². The van der Waals surface area contributed by atoms with Crippen LogP contribution in [0.3, 0.4) is 0 Å². The second-order valence-electron chi connectivity index (χ2n) is 3.37. The Bertz CT molecular complexity index is 71.4. The zero-order chi connectivity index (χ0) is 12.7. The van der Waals surface area contributed by atoms with Crippen LogP contribution in [-0.2, 0) is 0 Å². The first-order valence-electron chi connectivity index (χ1n) is 7.04. The zero-order valence-corrected chi connectivity index (χ0v) is 12.3. The average molecular weight is 217 g/mol. The van der Waals surface area contributed by atoms with E-state index in [1.165, 1.54) is 32.1 Å². The molecule has 0 radical (unpaired) electrons. The van der Waals surface area contributed by atoms with E-state index in [2.05, 4.69) is 6.92 Å². The molecule has 0 spiro atoms. The molecule has 0 bridgehead atoms. The van der Waals surface area contributed by atoms with Crippen molar-refractivity contribution in [1.29, 1.82) is 0 Å². The molecule has 2 unspecified atom stereocenters. The molecule has 0 saturated heterocycles. The lowest BCUT2D eigenvalue weighted by Crippen LogP contribution is -2.17. The molecule has 15 heavy (non-hydrogen) atoms. The van der Waals surface area contributed by atoms with Crippen LogP contribution in [0.1, 0.15) is 80.6 Å². The Kier molecular flexibility index (Phi) is 26.5. The Labute approximate surface area is 98.8 Å². The molecule has 1 rings (SSSR count). The molecule has 2 atom stereocenters. The molecular formula is C14H35N. The van der Waals surface area contributed by atoms with E-state index in [1.54, 1.807) is 0 Å². The summed E-state index contributed by atoms with van der Waals surface area (Å²) in [5.74, 6) is 0.929. The summed E-state index contributed by atoms with van der Waals surface area (Å²) in [5, 5.41) is 0. The lowest BCUT2D eigenvalue weighted by molar-refractivity contribution is 0.499. The van der Waals surface area contributed by atoms with Gasteiger partial charge in [-0.15, -0.1) is 0 Å². The minimum Gasteiger partial charge on any atom is -0.328 e. The zero-order valence-electron chi connectivity index (χ0n) is 12.3. The van der Waals surface area contributed by atoms with Crippen LogP contribution in [0.5, 0.6) is 0 Å². The van der Waals surface area contributed by atoms with Crippen LogP contribution in [0, 0.1) is 5.92 Å². The van der Waals surface area contributed by atoms with Crippen molar-refractivity contribution in [3.63, 3.8) is 0 Å². The van der Waals surface area contributed by atoms with Gasteiger partial charge in [-0.3, -0.25) is 0 Å². The lowest BCUT2D eigenvalue weighted by Gasteiger charge is -2.05. The molecule has 0 aliphatic heterocycles. The van der Waals surface area contributed by atoms with Gasteiger partial charge in [0.05, 0.1) is 0 Å². The Hall–Kier alpha value is -0.0400. The van der Waals surface area contributed by atoms with Crippen molar-refractivity contribution < 1.29 is 0 Å². The number of hydrogen-bond donors (Lipinski definition) is 1. The summed E-state index contributed by atoms with van der Waals surface area (Å²) in [5.41, 5.74) is 5.80. The van der Waals surface area contributed by atoms with E-state index in [-0.39, 0.29) is 0 Å². The minimum absolute atomic E-state index is 0.509. The standard InChI is InChI=1S/C8H17N.3C2H6/c1-7-3-2-4-8(9)6-5-7;3*1-2/h7-8H,2-6,9H2,1H3;3*1-2H3. The predicted molar refractivity (Wildman–Crippen MR) is 74.3 cm³/mol. The van der Waals surface area contributed by atoms with Gasteiger partial charge in [-0.2, -0.15) is 0 Å². The fourth-order valence-corrected chi connectivity index (χ4v) is 1.52. The first kappa shape index (κ1) is 20.4. The van der Waals surface area contributed by atoms with Crippen molar-refractivity contribution >= 4 is 0 Å². The van der Waals surface area contributed by atoms with Crippen LogP contribution in [0.15, 0.2) is 0 Å². The van der Waals surface area contributed by atoms with E-state index in [9.17, 15) is 0 Å². The minimum atomic E-state index is 0.509. The van der Waals surface area contributed by atoms with Gasteiger partial charge < -0.3 is 5.73 Å². The molecule has 1 heteroatoms. The number of rotatable bonds is 0. The highest BCUT2D eigenvalue weighted by molar-refractivity contribution is 4.69. The van der Waals surface area contributed by atoms with Crippen LogP contribution in [-0.4, -0.2) is 6.04 Å². The van der Waals surface area contributed by atoms with Gasteiger partial charge in [-0.25, -0.2) is 0 Å². The van der Waals surface area contributed by atoms with Crippen LogP contribution in [0.4, 0.5) is 0 Å². The van der Waals surface area contributed by atoms with Crippen molar-refractivity contribution in [2.75, 3.05) is 0 Å². The summed E-state index contributed by atoms with van der Waals surface area (Å²) >= 11 is 0. The molecule has 0 heterocycles. The van der Waals surface area contributed by atoms with E-state index in [1.807, 2.05) is 41.5 Å².